The number of unbranched alkanes of at least 4 members (excludes halogenated alkanes) is 2. The number of carbonyl (C=O) groups is 1. The van der Waals surface area contributed by atoms with Crippen LogP contribution in [0.2, 0.25) is 0 Å². The third-order valence-electron chi connectivity index (χ3n) is 5.29. The van der Waals surface area contributed by atoms with Gasteiger partial charge in [-0.25, -0.2) is 0 Å². The molecule has 0 saturated carbocycles. The van der Waals surface area contributed by atoms with Crippen molar-refractivity contribution in [1.82, 2.24) is 0 Å². The van der Waals surface area contributed by atoms with Crippen LogP contribution in [0.3, 0.4) is 0 Å². The van der Waals surface area contributed by atoms with Crippen molar-refractivity contribution >= 4 is 11.6 Å². The second-order valence-electron chi connectivity index (χ2n) is 6.95. The fourth-order valence-electron chi connectivity index (χ4n) is 3.93. The van der Waals surface area contributed by atoms with E-state index in [0.717, 1.165) is 46.7 Å². The van der Waals surface area contributed by atoms with Crippen LogP contribution in [0, 0.1) is 0 Å². The Labute approximate surface area is 162 Å². The normalized spacial score (nSPS) is 13.0. The van der Waals surface area contributed by atoms with Crippen molar-refractivity contribution in [3.05, 3.63) is 41.5 Å². The van der Waals surface area contributed by atoms with Gasteiger partial charge >= 0.3 is 0 Å². The summed E-state index contributed by atoms with van der Waals surface area (Å²) >= 11 is 0. The standard InChI is InChI=1S/C23H29NO3/c1-5-7-8-10-16-13-20(26-3)23(21(14-16)27-4)17-11-9-12-19-18(17)15-22(25)24(19)6-2/h9,11-14H,5-8,10,15H2,1-4H3. The molecule has 3 rings (SSSR count). The average molecular weight is 367 g/mol. The van der Waals surface area contributed by atoms with E-state index in [2.05, 4.69) is 25.1 Å². The molecule has 0 aliphatic carbocycles. The van der Waals surface area contributed by atoms with Gasteiger partial charge < -0.3 is 14.4 Å². The fourth-order valence-corrected chi connectivity index (χ4v) is 3.93. The van der Waals surface area contributed by atoms with E-state index in [0.29, 0.717) is 13.0 Å². The van der Waals surface area contributed by atoms with Crippen molar-refractivity contribution < 1.29 is 14.3 Å². The molecule has 1 aliphatic heterocycles. The molecule has 144 valence electrons. The Morgan fingerprint density at radius 1 is 1.04 bits per heavy atom. The summed E-state index contributed by atoms with van der Waals surface area (Å²) in [5, 5.41) is 0. The van der Waals surface area contributed by atoms with Crippen molar-refractivity contribution in [3.8, 4) is 22.6 Å². The zero-order valence-corrected chi connectivity index (χ0v) is 16.8. The van der Waals surface area contributed by atoms with Crippen LogP contribution in [0.25, 0.3) is 11.1 Å². The lowest BCUT2D eigenvalue weighted by Crippen LogP contribution is -2.25. The monoisotopic (exact) mass is 367 g/mol. The summed E-state index contributed by atoms with van der Waals surface area (Å²) in [5.41, 5.74) is 5.23. The number of carbonyl (C=O) groups excluding carboxylic acids is 1. The third-order valence-corrected chi connectivity index (χ3v) is 5.29. The van der Waals surface area contributed by atoms with Crippen LogP contribution >= 0.6 is 0 Å². The molecule has 0 unspecified atom stereocenters. The van der Waals surface area contributed by atoms with Gasteiger partial charge in [0.2, 0.25) is 5.91 Å². The molecule has 0 atom stereocenters. The summed E-state index contributed by atoms with van der Waals surface area (Å²) in [6.45, 7) is 4.90. The van der Waals surface area contributed by atoms with Crippen LogP contribution in [-0.2, 0) is 17.6 Å². The molecule has 0 radical (unpaired) electrons. The molecular formula is C23H29NO3. The molecular weight excluding hydrogens is 338 g/mol. The van der Waals surface area contributed by atoms with E-state index in [-0.39, 0.29) is 5.91 Å². The van der Waals surface area contributed by atoms with Crippen molar-refractivity contribution in [1.29, 1.82) is 0 Å². The highest BCUT2D eigenvalue weighted by Crippen LogP contribution is 2.45. The largest absolute Gasteiger partial charge is 0.496 e. The van der Waals surface area contributed by atoms with Gasteiger partial charge in [-0.15, -0.1) is 0 Å². The van der Waals surface area contributed by atoms with Gasteiger partial charge in [0, 0.05) is 12.2 Å². The Balaban J connectivity index is 2.10. The minimum Gasteiger partial charge on any atom is -0.496 e. The highest BCUT2D eigenvalue weighted by Gasteiger charge is 2.30. The first-order valence-electron chi connectivity index (χ1n) is 9.82. The van der Waals surface area contributed by atoms with E-state index >= 15 is 0 Å². The topological polar surface area (TPSA) is 38.8 Å². The summed E-state index contributed by atoms with van der Waals surface area (Å²) in [7, 11) is 3.39. The molecule has 0 N–H and O–H groups in total. The summed E-state index contributed by atoms with van der Waals surface area (Å²) in [6.07, 6.45) is 5.00. The van der Waals surface area contributed by atoms with E-state index in [1.807, 2.05) is 24.0 Å². The quantitative estimate of drug-likeness (QED) is 0.616. The summed E-state index contributed by atoms with van der Waals surface area (Å²) < 4.78 is 11.5. The molecule has 0 spiro atoms. The molecule has 1 amide bonds. The van der Waals surface area contributed by atoms with Crippen molar-refractivity contribution in [3.63, 3.8) is 0 Å². The van der Waals surface area contributed by atoms with E-state index in [9.17, 15) is 4.79 Å². The number of nitrogens with zero attached hydrogens (tertiary/aromatic N) is 1. The number of benzene rings is 2. The molecule has 4 heteroatoms. The molecule has 1 aliphatic rings. The minimum atomic E-state index is 0.147. The van der Waals surface area contributed by atoms with Gasteiger partial charge in [-0.1, -0.05) is 31.9 Å². The Hall–Kier alpha value is -2.49. The van der Waals surface area contributed by atoms with E-state index in [1.165, 1.54) is 18.4 Å². The van der Waals surface area contributed by atoms with Gasteiger partial charge in [-0.2, -0.15) is 0 Å². The van der Waals surface area contributed by atoms with Gasteiger partial charge in [0.25, 0.3) is 0 Å². The summed E-state index contributed by atoms with van der Waals surface area (Å²) in [5.74, 6) is 1.75. The minimum absolute atomic E-state index is 0.147. The molecule has 0 saturated heterocycles. The first-order chi connectivity index (χ1) is 13.1. The van der Waals surface area contributed by atoms with Crippen LogP contribution < -0.4 is 14.4 Å². The van der Waals surface area contributed by atoms with Crippen molar-refractivity contribution in [2.75, 3.05) is 25.7 Å². The number of fused-ring (bicyclic) bond motifs is 1. The molecule has 2 aromatic rings. The third kappa shape index (κ3) is 3.66. The van der Waals surface area contributed by atoms with Gasteiger partial charge in [0.15, 0.2) is 0 Å². The maximum absolute atomic E-state index is 12.4. The average Bonchev–Trinajstić information content (AvgIpc) is 3.02. The maximum Gasteiger partial charge on any atom is 0.231 e. The van der Waals surface area contributed by atoms with Gasteiger partial charge in [-0.3, -0.25) is 4.79 Å². The number of aryl methyl sites for hydroxylation is 1. The van der Waals surface area contributed by atoms with Crippen LogP contribution in [0.5, 0.6) is 11.5 Å². The summed E-state index contributed by atoms with van der Waals surface area (Å²) in [6, 6.07) is 10.3. The fraction of sp³-hybridized carbons (Fsp3) is 0.435. The molecule has 4 nitrogen and oxygen atoms in total. The number of likely N-dealkylation sites (N-methyl/N-ethyl adjacent to an activating group) is 1. The number of amides is 1. The second kappa shape index (κ2) is 8.47. The smallest absolute Gasteiger partial charge is 0.231 e. The van der Waals surface area contributed by atoms with Gasteiger partial charge in [-0.05, 0) is 54.7 Å². The number of hydrogen-bond donors (Lipinski definition) is 0. The maximum atomic E-state index is 12.4. The molecule has 0 fully saturated rings. The lowest BCUT2D eigenvalue weighted by atomic mass is 9.94. The number of rotatable bonds is 8. The number of methoxy groups -OCH3 is 2. The van der Waals surface area contributed by atoms with Crippen molar-refractivity contribution in [2.45, 2.75) is 46.0 Å². The SMILES string of the molecule is CCCCCc1cc(OC)c(-c2cccc3c2CC(=O)N3CC)c(OC)c1. The molecule has 0 bridgehead atoms. The summed E-state index contributed by atoms with van der Waals surface area (Å²) in [4.78, 5) is 14.3. The zero-order valence-electron chi connectivity index (χ0n) is 16.8. The van der Waals surface area contributed by atoms with E-state index in [1.54, 1.807) is 14.2 Å². The Morgan fingerprint density at radius 3 is 2.33 bits per heavy atom. The molecule has 27 heavy (non-hydrogen) atoms. The lowest BCUT2D eigenvalue weighted by Gasteiger charge is -2.19. The number of anilines is 1. The van der Waals surface area contributed by atoms with Gasteiger partial charge in [0.05, 0.1) is 26.2 Å². The van der Waals surface area contributed by atoms with E-state index in [4.69, 9.17) is 9.47 Å². The highest BCUT2D eigenvalue weighted by molar-refractivity contribution is 6.04. The Morgan fingerprint density at radius 2 is 1.74 bits per heavy atom. The first kappa shape index (κ1) is 19.3. The van der Waals surface area contributed by atoms with Crippen LogP contribution in [0.1, 0.15) is 44.2 Å². The zero-order chi connectivity index (χ0) is 19.4. The number of ether oxygens (including phenoxy) is 2. The van der Waals surface area contributed by atoms with Gasteiger partial charge in [0.1, 0.15) is 11.5 Å². The molecule has 2 aromatic carbocycles. The Bertz CT molecular complexity index is 803. The van der Waals surface area contributed by atoms with Crippen LogP contribution in [0.4, 0.5) is 5.69 Å². The highest BCUT2D eigenvalue weighted by atomic mass is 16.5. The molecule has 0 aromatic heterocycles. The predicted molar refractivity (Wildman–Crippen MR) is 110 cm³/mol. The number of hydrogen-bond acceptors (Lipinski definition) is 3. The second-order valence-corrected chi connectivity index (χ2v) is 6.95. The first-order valence-corrected chi connectivity index (χ1v) is 9.82. The molecule has 1 heterocycles. The van der Waals surface area contributed by atoms with Crippen molar-refractivity contribution in [2.24, 2.45) is 0 Å². The lowest BCUT2D eigenvalue weighted by molar-refractivity contribution is -0.117. The predicted octanol–water partition coefficient (Wildman–Crippen LogP) is 5.01. The van der Waals surface area contributed by atoms with E-state index < -0.39 is 0 Å². The van der Waals surface area contributed by atoms with Crippen LogP contribution in [-0.4, -0.2) is 26.7 Å². The Kier molecular flexibility index (Phi) is 6.04. The van der Waals surface area contributed by atoms with Crippen LogP contribution in [0.15, 0.2) is 30.3 Å².